The van der Waals surface area contributed by atoms with Crippen molar-refractivity contribution in [3.8, 4) is 0 Å². The molecule has 2 aliphatic rings. The quantitative estimate of drug-likeness (QED) is 0.833. The highest BCUT2D eigenvalue weighted by molar-refractivity contribution is 4.95. The lowest BCUT2D eigenvalue weighted by Gasteiger charge is -2.50. The van der Waals surface area contributed by atoms with Crippen LogP contribution in [0.25, 0.3) is 0 Å². The Bertz CT molecular complexity index is 279. The molecule has 3 nitrogen and oxygen atoms in total. The average Bonchev–Trinajstić information content (AvgIpc) is 2.38. The van der Waals surface area contributed by atoms with Crippen molar-refractivity contribution in [3.05, 3.63) is 0 Å². The van der Waals surface area contributed by atoms with Gasteiger partial charge in [-0.2, -0.15) is 0 Å². The topological polar surface area (TPSA) is 24.5 Å². The van der Waals surface area contributed by atoms with Gasteiger partial charge < -0.3 is 10.1 Å². The fourth-order valence-electron chi connectivity index (χ4n) is 3.39. The van der Waals surface area contributed by atoms with E-state index in [-0.39, 0.29) is 0 Å². The van der Waals surface area contributed by atoms with E-state index in [0.717, 1.165) is 19.8 Å². The fraction of sp³-hybridized carbons (Fsp3) is 1.00. The van der Waals surface area contributed by atoms with Crippen molar-refractivity contribution >= 4 is 0 Å². The van der Waals surface area contributed by atoms with Crippen molar-refractivity contribution in [1.82, 2.24) is 10.2 Å². The van der Waals surface area contributed by atoms with Crippen LogP contribution in [-0.2, 0) is 4.74 Å². The zero-order chi connectivity index (χ0) is 14.0. The normalized spacial score (nSPS) is 34.7. The minimum absolute atomic E-state index is 0.329. The summed E-state index contributed by atoms with van der Waals surface area (Å²) in [5.74, 6) is 0.704. The summed E-state index contributed by atoms with van der Waals surface area (Å²) in [6.07, 6.45) is 2.53. The third kappa shape index (κ3) is 3.71. The molecule has 2 aliphatic heterocycles. The van der Waals surface area contributed by atoms with Gasteiger partial charge in [0, 0.05) is 37.8 Å². The number of nitrogens with zero attached hydrogens (tertiary/aromatic N) is 1. The first kappa shape index (κ1) is 15.3. The van der Waals surface area contributed by atoms with Crippen molar-refractivity contribution < 1.29 is 4.74 Å². The van der Waals surface area contributed by atoms with E-state index in [4.69, 9.17) is 4.74 Å². The monoisotopic (exact) mass is 268 g/mol. The molecule has 2 heterocycles. The Labute approximate surface area is 119 Å². The first-order valence-electron chi connectivity index (χ1n) is 7.96. The van der Waals surface area contributed by atoms with E-state index in [9.17, 15) is 0 Å². The maximum Gasteiger partial charge on any atom is 0.0621 e. The van der Waals surface area contributed by atoms with E-state index in [2.05, 4.69) is 44.8 Å². The lowest BCUT2D eigenvalue weighted by atomic mass is 9.83. The molecule has 2 rings (SSSR count). The summed E-state index contributed by atoms with van der Waals surface area (Å²) in [5.41, 5.74) is 0.329. The second kappa shape index (κ2) is 6.11. The van der Waals surface area contributed by atoms with Crippen LogP contribution in [0, 0.1) is 11.3 Å². The molecule has 3 unspecified atom stereocenters. The Morgan fingerprint density at radius 2 is 2.00 bits per heavy atom. The van der Waals surface area contributed by atoms with Gasteiger partial charge in [-0.3, -0.25) is 4.90 Å². The van der Waals surface area contributed by atoms with E-state index in [1.165, 1.54) is 19.4 Å². The van der Waals surface area contributed by atoms with E-state index in [0.29, 0.717) is 29.5 Å². The smallest absolute Gasteiger partial charge is 0.0621 e. The second-order valence-electron chi connectivity index (χ2n) is 7.71. The lowest BCUT2D eigenvalue weighted by Crippen LogP contribution is -2.64. The van der Waals surface area contributed by atoms with Gasteiger partial charge in [-0.1, -0.05) is 34.6 Å². The predicted octanol–water partition coefficient (Wildman–Crippen LogP) is 2.51. The highest BCUT2D eigenvalue weighted by Crippen LogP contribution is 2.28. The van der Waals surface area contributed by atoms with Gasteiger partial charge in [0.25, 0.3) is 0 Å². The van der Waals surface area contributed by atoms with Gasteiger partial charge >= 0.3 is 0 Å². The van der Waals surface area contributed by atoms with Gasteiger partial charge in [0.15, 0.2) is 0 Å². The second-order valence-corrected chi connectivity index (χ2v) is 7.71. The number of ether oxygens (including phenoxy) is 1. The van der Waals surface area contributed by atoms with E-state index in [1.54, 1.807) is 0 Å². The van der Waals surface area contributed by atoms with Crippen molar-refractivity contribution in [2.24, 2.45) is 11.3 Å². The molecule has 0 aromatic carbocycles. The molecule has 1 N–H and O–H groups in total. The Morgan fingerprint density at radius 1 is 1.26 bits per heavy atom. The first-order chi connectivity index (χ1) is 8.89. The maximum absolute atomic E-state index is 5.72. The third-order valence-electron chi connectivity index (χ3n) is 4.81. The van der Waals surface area contributed by atoms with E-state index in [1.807, 2.05) is 0 Å². The molecule has 0 radical (unpaired) electrons. The van der Waals surface area contributed by atoms with Crippen LogP contribution < -0.4 is 5.32 Å². The van der Waals surface area contributed by atoms with Crippen LogP contribution in [0.5, 0.6) is 0 Å². The molecule has 19 heavy (non-hydrogen) atoms. The molecule has 0 bridgehead atoms. The Morgan fingerprint density at radius 3 is 2.53 bits per heavy atom. The van der Waals surface area contributed by atoms with Gasteiger partial charge in [0.2, 0.25) is 0 Å². The Hall–Kier alpha value is -0.120. The first-order valence-corrected chi connectivity index (χ1v) is 7.96. The molecule has 112 valence electrons. The van der Waals surface area contributed by atoms with Crippen LogP contribution in [0.3, 0.4) is 0 Å². The summed E-state index contributed by atoms with van der Waals surface area (Å²) >= 11 is 0. The summed E-state index contributed by atoms with van der Waals surface area (Å²) in [6, 6.07) is 1.88. The average molecular weight is 268 g/mol. The predicted molar refractivity (Wildman–Crippen MR) is 80.4 cm³/mol. The number of hydrogen-bond acceptors (Lipinski definition) is 3. The molecule has 0 spiro atoms. The molecule has 3 atom stereocenters. The zero-order valence-electron chi connectivity index (χ0n) is 13.4. The van der Waals surface area contributed by atoms with Crippen LogP contribution in [0.2, 0.25) is 0 Å². The Balaban J connectivity index is 2.08. The highest BCUT2D eigenvalue weighted by Gasteiger charge is 2.38. The SMILES string of the molecule is CC(C)C1CNC(C(C)(C)C)CN1C1CCCOC1. The molecular formula is C16H32N2O. The summed E-state index contributed by atoms with van der Waals surface area (Å²) < 4.78 is 5.72. The molecule has 0 aromatic rings. The van der Waals surface area contributed by atoms with Gasteiger partial charge in [0.1, 0.15) is 0 Å². The molecule has 2 saturated heterocycles. The molecule has 3 heteroatoms. The van der Waals surface area contributed by atoms with E-state index < -0.39 is 0 Å². The number of hydrogen-bond donors (Lipinski definition) is 1. The van der Waals surface area contributed by atoms with Crippen LogP contribution >= 0.6 is 0 Å². The van der Waals surface area contributed by atoms with Crippen LogP contribution in [-0.4, -0.2) is 49.3 Å². The van der Waals surface area contributed by atoms with Crippen molar-refractivity contribution in [3.63, 3.8) is 0 Å². The van der Waals surface area contributed by atoms with Crippen LogP contribution in [0.1, 0.15) is 47.5 Å². The van der Waals surface area contributed by atoms with E-state index >= 15 is 0 Å². The number of nitrogens with one attached hydrogen (secondary N) is 1. The Kier molecular flexibility index (Phi) is 4.91. The van der Waals surface area contributed by atoms with Gasteiger partial charge in [-0.25, -0.2) is 0 Å². The van der Waals surface area contributed by atoms with Gasteiger partial charge in [-0.15, -0.1) is 0 Å². The molecule has 0 saturated carbocycles. The summed E-state index contributed by atoms with van der Waals surface area (Å²) in [5, 5.41) is 3.78. The summed E-state index contributed by atoms with van der Waals surface area (Å²) in [4.78, 5) is 2.75. The van der Waals surface area contributed by atoms with Crippen molar-refractivity contribution in [1.29, 1.82) is 0 Å². The minimum atomic E-state index is 0.329. The van der Waals surface area contributed by atoms with Gasteiger partial charge in [-0.05, 0) is 24.2 Å². The lowest BCUT2D eigenvalue weighted by molar-refractivity contribution is -0.0355. The van der Waals surface area contributed by atoms with Crippen molar-refractivity contribution in [2.45, 2.75) is 65.6 Å². The van der Waals surface area contributed by atoms with Crippen LogP contribution in [0.15, 0.2) is 0 Å². The third-order valence-corrected chi connectivity index (χ3v) is 4.81. The van der Waals surface area contributed by atoms with Gasteiger partial charge in [0.05, 0.1) is 6.61 Å². The molecular weight excluding hydrogens is 236 g/mol. The molecule has 2 fully saturated rings. The molecule has 0 amide bonds. The summed E-state index contributed by atoms with van der Waals surface area (Å²) in [7, 11) is 0. The molecule has 0 aliphatic carbocycles. The van der Waals surface area contributed by atoms with Crippen LogP contribution in [0.4, 0.5) is 0 Å². The highest BCUT2D eigenvalue weighted by atomic mass is 16.5. The number of rotatable bonds is 2. The minimum Gasteiger partial charge on any atom is -0.380 e. The van der Waals surface area contributed by atoms with Crippen molar-refractivity contribution in [2.75, 3.05) is 26.3 Å². The molecule has 0 aromatic heterocycles. The summed E-state index contributed by atoms with van der Waals surface area (Å²) in [6.45, 7) is 15.9. The largest absolute Gasteiger partial charge is 0.380 e. The standard InChI is InChI=1S/C16H32N2O/c1-12(2)14-9-17-15(16(3,4)5)10-18(14)13-7-6-8-19-11-13/h12-15,17H,6-11H2,1-5H3. The zero-order valence-corrected chi connectivity index (χ0v) is 13.4. The maximum atomic E-state index is 5.72. The fourth-order valence-corrected chi connectivity index (χ4v) is 3.39. The number of piperazine rings is 1.